The number of halogens is 1. The first-order chi connectivity index (χ1) is 2.39. The molecule has 0 aromatic carbocycles. The fourth-order valence-electron chi connectivity index (χ4n) is 0.278. The molecule has 0 amide bonds. The molecule has 0 bridgehead atoms. The molecule has 0 radical (unpaired) electrons. The third-order valence-electron chi connectivity index (χ3n) is 0.801. The van der Waals surface area contributed by atoms with Crippen molar-refractivity contribution in [2.45, 2.75) is 6.42 Å². The van der Waals surface area contributed by atoms with E-state index in [1.165, 1.54) is 6.42 Å². The summed E-state index contributed by atoms with van der Waals surface area (Å²) in [7, 11) is 0. The predicted molar refractivity (Wildman–Crippen MR) is 22.0 cm³/mol. The van der Waals surface area contributed by atoms with Gasteiger partial charge >= 0.3 is 0 Å². The summed E-state index contributed by atoms with van der Waals surface area (Å²) in [5.41, 5.74) is 0. The van der Waals surface area contributed by atoms with Gasteiger partial charge in [-0.3, -0.25) is 0 Å². The van der Waals surface area contributed by atoms with Crippen molar-refractivity contribution in [3.63, 3.8) is 0 Å². The molecular formula is C3H6ClN. The predicted octanol–water partition coefficient (Wildman–Crippen LogP) is 0.846. The monoisotopic (exact) mass is 91.0 g/mol. The van der Waals surface area contributed by atoms with Gasteiger partial charge in [0.25, 0.3) is 0 Å². The molecule has 0 aliphatic carbocycles. The lowest BCUT2D eigenvalue weighted by atomic mass is 10.3. The number of nitrogens with zero attached hydrogens (tertiary/aromatic N) is 1. The van der Waals surface area contributed by atoms with Crippen LogP contribution in [0.1, 0.15) is 6.42 Å². The Labute approximate surface area is 36.6 Å². The second-order valence-corrected chi connectivity index (χ2v) is 1.74. The first-order valence-electron chi connectivity index (χ1n) is 1.80. The van der Waals surface area contributed by atoms with Crippen LogP contribution >= 0.6 is 11.8 Å². The molecule has 1 fully saturated rings. The molecule has 0 saturated carbocycles. The third-order valence-corrected chi connectivity index (χ3v) is 1.14. The zero-order chi connectivity index (χ0) is 3.70. The summed E-state index contributed by atoms with van der Waals surface area (Å²) in [6, 6.07) is 0. The normalized spacial score (nSPS) is 25.8. The van der Waals surface area contributed by atoms with Gasteiger partial charge in [0.15, 0.2) is 0 Å². The van der Waals surface area contributed by atoms with Crippen molar-refractivity contribution in [3.05, 3.63) is 0 Å². The van der Waals surface area contributed by atoms with Gasteiger partial charge in [-0.1, -0.05) is 0 Å². The molecule has 0 aromatic rings. The molecule has 2 heteroatoms. The molecule has 0 N–H and O–H groups in total. The minimum Gasteiger partial charge on any atom is -0.220 e. The van der Waals surface area contributed by atoms with Crippen LogP contribution in [0.25, 0.3) is 0 Å². The molecule has 0 atom stereocenters. The van der Waals surface area contributed by atoms with Gasteiger partial charge in [0.1, 0.15) is 0 Å². The Hall–Kier alpha value is 0.250. The summed E-state index contributed by atoms with van der Waals surface area (Å²) >= 11 is 5.38. The maximum Gasteiger partial charge on any atom is 0.0151 e. The highest BCUT2D eigenvalue weighted by Gasteiger charge is 2.07. The first-order valence-corrected chi connectivity index (χ1v) is 2.14. The van der Waals surface area contributed by atoms with E-state index in [1.54, 1.807) is 4.42 Å². The van der Waals surface area contributed by atoms with Crippen LogP contribution in [0.2, 0.25) is 0 Å². The maximum atomic E-state index is 5.38. The fraction of sp³-hybridized carbons (Fsp3) is 1.00. The van der Waals surface area contributed by atoms with Gasteiger partial charge in [-0.05, 0) is 18.2 Å². The van der Waals surface area contributed by atoms with E-state index in [1.807, 2.05) is 0 Å². The second-order valence-electron chi connectivity index (χ2n) is 1.26. The Bertz CT molecular complexity index is 33.9. The van der Waals surface area contributed by atoms with Crippen LogP contribution in [-0.4, -0.2) is 17.5 Å². The Kier molecular flexibility index (Phi) is 0.791. The van der Waals surface area contributed by atoms with Crippen molar-refractivity contribution in [2.75, 3.05) is 13.1 Å². The standard InChI is InChI=1S/C3H6ClN/c4-5-2-1-3-5/h1-3H2. The molecular weight excluding hydrogens is 85.5 g/mol. The molecule has 1 heterocycles. The summed E-state index contributed by atoms with van der Waals surface area (Å²) < 4.78 is 1.78. The van der Waals surface area contributed by atoms with Crippen molar-refractivity contribution in [1.82, 2.24) is 4.42 Å². The quantitative estimate of drug-likeness (QED) is 0.400. The average molecular weight is 91.5 g/mol. The fourth-order valence-corrected chi connectivity index (χ4v) is 0.517. The molecule has 5 heavy (non-hydrogen) atoms. The van der Waals surface area contributed by atoms with E-state index < -0.39 is 0 Å². The van der Waals surface area contributed by atoms with Crippen LogP contribution in [0.5, 0.6) is 0 Å². The third kappa shape index (κ3) is 0.551. The first kappa shape index (κ1) is 3.44. The van der Waals surface area contributed by atoms with Crippen molar-refractivity contribution in [3.8, 4) is 0 Å². The van der Waals surface area contributed by atoms with Crippen molar-refractivity contribution in [2.24, 2.45) is 0 Å². The van der Waals surface area contributed by atoms with Gasteiger partial charge in [0, 0.05) is 13.1 Å². The largest absolute Gasteiger partial charge is 0.220 e. The van der Waals surface area contributed by atoms with Gasteiger partial charge in [0.05, 0.1) is 0 Å². The smallest absolute Gasteiger partial charge is 0.0151 e. The summed E-state index contributed by atoms with van der Waals surface area (Å²) in [6.07, 6.45) is 1.28. The van der Waals surface area contributed by atoms with Gasteiger partial charge in [-0.25, -0.2) is 4.42 Å². The summed E-state index contributed by atoms with van der Waals surface area (Å²) in [5.74, 6) is 0. The summed E-state index contributed by atoms with van der Waals surface area (Å²) in [6.45, 7) is 2.17. The number of hydrogen-bond donors (Lipinski definition) is 0. The lowest BCUT2D eigenvalue weighted by Gasteiger charge is -2.21. The number of rotatable bonds is 0. The van der Waals surface area contributed by atoms with Crippen molar-refractivity contribution >= 4 is 11.8 Å². The van der Waals surface area contributed by atoms with Crippen LogP contribution in [0.4, 0.5) is 0 Å². The van der Waals surface area contributed by atoms with Crippen LogP contribution in [-0.2, 0) is 0 Å². The zero-order valence-corrected chi connectivity index (χ0v) is 3.70. The molecule has 30 valence electrons. The van der Waals surface area contributed by atoms with E-state index in [2.05, 4.69) is 0 Å². The average Bonchev–Trinajstić information content (AvgIpc) is 1.30. The van der Waals surface area contributed by atoms with E-state index in [9.17, 15) is 0 Å². The molecule has 1 nitrogen and oxygen atoms in total. The van der Waals surface area contributed by atoms with Crippen LogP contribution < -0.4 is 0 Å². The van der Waals surface area contributed by atoms with E-state index >= 15 is 0 Å². The molecule has 0 spiro atoms. The highest BCUT2D eigenvalue weighted by atomic mass is 35.5. The maximum absolute atomic E-state index is 5.38. The topological polar surface area (TPSA) is 3.24 Å². The lowest BCUT2D eigenvalue weighted by molar-refractivity contribution is 0.330. The van der Waals surface area contributed by atoms with E-state index in [4.69, 9.17) is 11.8 Å². The Morgan fingerprint density at radius 2 is 1.80 bits per heavy atom. The summed E-state index contributed by atoms with van der Waals surface area (Å²) in [5, 5.41) is 0. The highest BCUT2D eigenvalue weighted by molar-refractivity contribution is 6.13. The van der Waals surface area contributed by atoms with Gasteiger partial charge in [0.2, 0.25) is 0 Å². The van der Waals surface area contributed by atoms with Gasteiger partial charge in [-0.15, -0.1) is 0 Å². The lowest BCUT2D eigenvalue weighted by Crippen LogP contribution is -2.27. The molecule has 1 rings (SSSR count). The Morgan fingerprint density at radius 3 is 1.80 bits per heavy atom. The van der Waals surface area contributed by atoms with E-state index in [0.29, 0.717) is 0 Å². The van der Waals surface area contributed by atoms with Gasteiger partial charge < -0.3 is 0 Å². The number of hydrogen-bond acceptors (Lipinski definition) is 1. The van der Waals surface area contributed by atoms with Crippen LogP contribution in [0.15, 0.2) is 0 Å². The highest BCUT2D eigenvalue weighted by Crippen LogP contribution is 2.06. The van der Waals surface area contributed by atoms with E-state index in [0.717, 1.165) is 13.1 Å². The molecule has 1 saturated heterocycles. The molecule has 1 aliphatic rings. The van der Waals surface area contributed by atoms with Crippen molar-refractivity contribution < 1.29 is 0 Å². The minimum atomic E-state index is 1.08. The van der Waals surface area contributed by atoms with Crippen molar-refractivity contribution in [1.29, 1.82) is 0 Å². The zero-order valence-electron chi connectivity index (χ0n) is 2.95. The Balaban J connectivity index is 2.08. The van der Waals surface area contributed by atoms with Crippen LogP contribution in [0.3, 0.4) is 0 Å². The van der Waals surface area contributed by atoms with Gasteiger partial charge in [-0.2, -0.15) is 0 Å². The molecule has 0 unspecified atom stereocenters. The van der Waals surface area contributed by atoms with Crippen LogP contribution in [0, 0.1) is 0 Å². The molecule has 0 aromatic heterocycles. The minimum absolute atomic E-state index is 1.08. The van der Waals surface area contributed by atoms with E-state index in [-0.39, 0.29) is 0 Å². The summed E-state index contributed by atoms with van der Waals surface area (Å²) in [4.78, 5) is 0. The molecule has 1 aliphatic heterocycles. The second kappa shape index (κ2) is 1.15. The Morgan fingerprint density at radius 1 is 1.40 bits per heavy atom. The SMILES string of the molecule is ClN1CCC1.